The summed E-state index contributed by atoms with van der Waals surface area (Å²) in [4.78, 5) is 16.7. The van der Waals surface area contributed by atoms with Crippen LogP contribution in [0.25, 0.3) is 11.3 Å². The second kappa shape index (κ2) is 10.5. The highest BCUT2D eigenvalue weighted by molar-refractivity contribution is 7.91. The van der Waals surface area contributed by atoms with Gasteiger partial charge in [-0.2, -0.15) is 13.9 Å². The van der Waals surface area contributed by atoms with Crippen molar-refractivity contribution in [3.05, 3.63) is 28.1 Å². The number of carbonyl (C=O) groups excluding carboxylic acids is 1. The summed E-state index contributed by atoms with van der Waals surface area (Å²) in [5.74, 6) is -0.613. The quantitative estimate of drug-likeness (QED) is 0.519. The predicted octanol–water partition coefficient (Wildman–Crippen LogP) is 4.21. The first kappa shape index (κ1) is 25.6. The van der Waals surface area contributed by atoms with Gasteiger partial charge in [0, 0.05) is 31.6 Å². The topological polar surface area (TPSA) is 103 Å². The number of amides is 1. The number of sulfone groups is 1. The number of ether oxygens (including phenoxy) is 1. The van der Waals surface area contributed by atoms with E-state index in [1.54, 1.807) is 6.92 Å². The van der Waals surface area contributed by atoms with Gasteiger partial charge in [-0.15, -0.1) is 0 Å². The van der Waals surface area contributed by atoms with E-state index >= 15 is 0 Å². The van der Waals surface area contributed by atoms with E-state index in [-0.39, 0.29) is 44.0 Å². The number of pyridine rings is 1. The second-order valence-electron chi connectivity index (χ2n) is 7.89. The zero-order chi connectivity index (χ0) is 24.3. The van der Waals surface area contributed by atoms with Gasteiger partial charge < -0.3 is 10.1 Å². The molecule has 1 fully saturated rings. The minimum Gasteiger partial charge on any atom is -0.434 e. The van der Waals surface area contributed by atoms with Gasteiger partial charge in [-0.1, -0.05) is 23.2 Å². The molecular weight excluding hydrogens is 501 g/mol. The van der Waals surface area contributed by atoms with Crippen LogP contribution < -0.4 is 10.1 Å². The molecule has 3 rings (SSSR count). The van der Waals surface area contributed by atoms with Crippen LogP contribution in [0.2, 0.25) is 10.2 Å². The van der Waals surface area contributed by atoms with Crippen LogP contribution in [0.5, 0.6) is 5.75 Å². The Balaban J connectivity index is 1.78. The Kier molecular flexibility index (Phi) is 8.17. The van der Waals surface area contributed by atoms with Crippen LogP contribution >= 0.6 is 23.2 Å². The highest BCUT2D eigenvalue weighted by atomic mass is 35.5. The van der Waals surface area contributed by atoms with Crippen LogP contribution in [0.15, 0.2) is 12.3 Å². The van der Waals surface area contributed by atoms with Crippen molar-refractivity contribution in [1.29, 1.82) is 0 Å². The number of carbonyl (C=O) groups is 1. The first-order chi connectivity index (χ1) is 15.5. The van der Waals surface area contributed by atoms with Crippen molar-refractivity contribution in [3.63, 3.8) is 0 Å². The number of hydrogen-bond acceptors (Lipinski definition) is 6. The van der Waals surface area contributed by atoms with Crippen molar-refractivity contribution in [2.24, 2.45) is 5.92 Å². The van der Waals surface area contributed by atoms with E-state index in [1.165, 1.54) is 17.1 Å². The number of halogens is 4. The molecule has 8 nitrogen and oxygen atoms in total. The molecule has 0 saturated heterocycles. The Labute approximate surface area is 200 Å². The van der Waals surface area contributed by atoms with Crippen LogP contribution in [-0.2, 0) is 16.4 Å². The highest BCUT2D eigenvalue weighted by Crippen LogP contribution is 2.38. The maximum Gasteiger partial charge on any atom is 0.387 e. The molecule has 0 aromatic carbocycles. The van der Waals surface area contributed by atoms with Crippen LogP contribution in [0.1, 0.15) is 43.1 Å². The minimum absolute atomic E-state index is 0.0293. The Bertz CT molecular complexity index is 1120. The fourth-order valence-electron chi connectivity index (χ4n) is 3.94. The number of rotatable bonds is 8. The summed E-state index contributed by atoms with van der Waals surface area (Å²) in [5.41, 5.74) is 0.270. The molecule has 1 saturated carbocycles. The average Bonchev–Trinajstić information content (AvgIpc) is 3.08. The van der Waals surface area contributed by atoms with Crippen molar-refractivity contribution >= 4 is 38.9 Å². The molecular formula is C20H24Cl2F2N4O4S. The van der Waals surface area contributed by atoms with Crippen molar-refractivity contribution in [3.8, 4) is 17.0 Å². The molecule has 0 atom stereocenters. The van der Waals surface area contributed by atoms with Gasteiger partial charge in [-0.25, -0.2) is 13.4 Å². The van der Waals surface area contributed by atoms with Gasteiger partial charge >= 0.3 is 6.61 Å². The lowest BCUT2D eigenvalue weighted by Crippen LogP contribution is -2.34. The largest absolute Gasteiger partial charge is 0.434 e. The maximum absolute atomic E-state index is 12.9. The van der Waals surface area contributed by atoms with Gasteiger partial charge in [0.2, 0.25) is 0 Å². The third-order valence-electron chi connectivity index (χ3n) is 5.66. The van der Waals surface area contributed by atoms with Gasteiger partial charge in [0.25, 0.3) is 5.91 Å². The Morgan fingerprint density at radius 1 is 1.30 bits per heavy atom. The lowest BCUT2D eigenvalue weighted by molar-refractivity contribution is -0.0495. The molecule has 1 aliphatic carbocycles. The molecule has 0 radical (unpaired) electrons. The van der Waals surface area contributed by atoms with Crippen LogP contribution in [0.3, 0.4) is 0 Å². The standard InChI is InChI=1S/C20H24Cl2F2N4O4S/c1-3-28-18(13-10-25-15(21)8-14(13)32-20(23)24)16(22)17(27-28)19(29)26-9-11-4-6-12(7-5-11)33(2,30)31/h8,10-12,20H,3-7,9H2,1-2H3,(H,26,29)/t11-,12-. The summed E-state index contributed by atoms with van der Waals surface area (Å²) in [6, 6.07) is 1.14. The van der Waals surface area contributed by atoms with Crippen molar-refractivity contribution in [1.82, 2.24) is 20.1 Å². The van der Waals surface area contributed by atoms with Gasteiger partial charge in [-0.05, 0) is 38.5 Å². The molecule has 0 aliphatic heterocycles. The molecule has 2 aromatic rings. The van der Waals surface area contributed by atoms with E-state index in [9.17, 15) is 22.0 Å². The van der Waals surface area contributed by atoms with E-state index in [4.69, 9.17) is 23.2 Å². The number of aryl methyl sites for hydroxylation is 1. The van der Waals surface area contributed by atoms with Gasteiger partial charge in [0.05, 0.1) is 21.5 Å². The number of alkyl halides is 2. The van der Waals surface area contributed by atoms with E-state index in [0.29, 0.717) is 38.8 Å². The van der Waals surface area contributed by atoms with Crippen molar-refractivity contribution < 1.29 is 26.7 Å². The van der Waals surface area contributed by atoms with Gasteiger partial charge in [0.15, 0.2) is 5.69 Å². The molecule has 2 heterocycles. The number of nitrogens with one attached hydrogen (secondary N) is 1. The SMILES string of the molecule is CCn1nc(C(=O)NC[C@H]2CC[C@H](S(C)(=O)=O)CC2)c(Cl)c1-c1cnc(Cl)cc1OC(F)F. The summed E-state index contributed by atoms with van der Waals surface area (Å²) in [5, 5.41) is 6.64. The first-order valence-electron chi connectivity index (χ1n) is 10.3. The minimum atomic E-state index is -3.10. The van der Waals surface area contributed by atoms with Gasteiger partial charge in [-0.3, -0.25) is 9.48 Å². The molecule has 0 spiro atoms. The molecule has 13 heteroatoms. The normalized spacial score (nSPS) is 19.0. The summed E-state index contributed by atoms with van der Waals surface area (Å²) in [6.07, 6.45) is 4.97. The Morgan fingerprint density at radius 2 is 1.97 bits per heavy atom. The molecule has 1 amide bonds. The number of nitrogens with zero attached hydrogens (tertiary/aromatic N) is 3. The Hall–Kier alpha value is -1.98. The molecule has 182 valence electrons. The highest BCUT2D eigenvalue weighted by Gasteiger charge is 2.29. The number of hydrogen-bond donors (Lipinski definition) is 1. The fourth-order valence-corrected chi connectivity index (χ4v) is 5.54. The summed E-state index contributed by atoms with van der Waals surface area (Å²) in [7, 11) is -3.06. The first-order valence-corrected chi connectivity index (χ1v) is 13.1. The fraction of sp³-hybridized carbons (Fsp3) is 0.550. The van der Waals surface area contributed by atoms with Crippen LogP contribution in [-0.4, -0.2) is 53.8 Å². The molecule has 1 N–H and O–H groups in total. The zero-order valence-corrected chi connectivity index (χ0v) is 20.4. The maximum atomic E-state index is 12.9. The summed E-state index contributed by atoms with van der Waals surface area (Å²) in [6.45, 7) is -0.692. The molecule has 0 bridgehead atoms. The van der Waals surface area contributed by atoms with E-state index in [1.807, 2.05) is 0 Å². The summed E-state index contributed by atoms with van der Waals surface area (Å²) < 4.78 is 55.2. The second-order valence-corrected chi connectivity index (χ2v) is 11.0. The van der Waals surface area contributed by atoms with Crippen molar-refractivity contribution in [2.45, 2.75) is 51.0 Å². The zero-order valence-electron chi connectivity index (χ0n) is 18.0. The van der Waals surface area contributed by atoms with Crippen LogP contribution in [0, 0.1) is 5.92 Å². The number of aromatic nitrogens is 3. The van der Waals surface area contributed by atoms with E-state index in [2.05, 4.69) is 20.1 Å². The van der Waals surface area contributed by atoms with E-state index in [0.717, 1.165) is 6.07 Å². The Morgan fingerprint density at radius 3 is 2.55 bits per heavy atom. The van der Waals surface area contributed by atoms with Crippen LogP contribution in [0.4, 0.5) is 8.78 Å². The van der Waals surface area contributed by atoms with Crippen molar-refractivity contribution in [2.75, 3.05) is 12.8 Å². The molecule has 1 aliphatic rings. The van der Waals surface area contributed by atoms with Gasteiger partial charge in [0.1, 0.15) is 20.7 Å². The van der Waals surface area contributed by atoms with E-state index < -0.39 is 22.4 Å². The lowest BCUT2D eigenvalue weighted by atomic mass is 9.89. The monoisotopic (exact) mass is 524 g/mol. The lowest BCUT2D eigenvalue weighted by Gasteiger charge is -2.27. The molecule has 33 heavy (non-hydrogen) atoms. The smallest absolute Gasteiger partial charge is 0.387 e. The summed E-state index contributed by atoms with van der Waals surface area (Å²) >= 11 is 12.3. The third-order valence-corrected chi connectivity index (χ3v) is 7.91. The molecule has 2 aromatic heterocycles. The molecule has 0 unspecified atom stereocenters. The average molecular weight is 525 g/mol. The third kappa shape index (κ3) is 6.13. The predicted molar refractivity (Wildman–Crippen MR) is 121 cm³/mol.